The first-order valence-corrected chi connectivity index (χ1v) is 8.95. The van der Waals surface area contributed by atoms with E-state index in [1.54, 1.807) is 42.2 Å². The maximum atomic E-state index is 14.0. The second kappa shape index (κ2) is 7.46. The first-order valence-electron chi connectivity index (χ1n) is 8.57. The van der Waals surface area contributed by atoms with Gasteiger partial charge in [0.25, 0.3) is 5.91 Å². The topological polar surface area (TPSA) is 49.4 Å². The molecule has 0 aromatic heterocycles. The van der Waals surface area contributed by atoms with Crippen LogP contribution in [-0.2, 0) is 4.79 Å². The molecule has 0 bridgehead atoms. The maximum Gasteiger partial charge on any atom is 0.254 e. The molecule has 3 rings (SSSR count). The van der Waals surface area contributed by atoms with Gasteiger partial charge < -0.3 is 10.2 Å². The Hall–Kier alpha value is -2.40. The van der Waals surface area contributed by atoms with Crippen molar-refractivity contribution in [2.75, 3.05) is 13.1 Å². The molecule has 136 valence electrons. The number of hydrogen-bond acceptors (Lipinski definition) is 2. The molecule has 2 amide bonds. The van der Waals surface area contributed by atoms with Gasteiger partial charge in [0, 0.05) is 29.2 Å². The predicted molar refractivity (Wildman–Crippen MR) is 99.7 cm³/mol. The van der Waals surface area contributed by atoms with Crippen LogP contribution in [0.2, 0.25) is 5.02 Å². The van der Waals surface area contributed by atoms with E-state index in [0.717, 1.165) is 0 Å². The van der Waals surface area contributed by atoms with Crippen molar-refractivity contribution in [2.24, 2.45) is 0 Å². The molecule has 26 heavy (non-hydrogen) atoms. The molecule has 2 aromatic rings. The molecule has 2 aromatic carbocycles. The van der Waals surface area contributed by atoms with Crippen molar-refractivity contribution in [3.63, 3.8) is 0 Å². The van der Waals surface area contributed by atoms with E-state index in [9.17, 15) is 14.0 Å². The second-order valence-corrected chi connectivity index (χ2v) is 6.78. The number of rotatable bonds is 3. The van der Waals surface area contributed by atoms with Crippen LogP contribution in [0.3, 0.4) is 0 Å². The van der Waals surface area contributed by atoms with Crippen molar-refractivity contribution in [3.05, 3.63) is 58.4 Å². The number of aryl methyl sites for hydroxylation is 1. The monoisotopic (exact) mass is 374 g/mol. The van der Waals surface area contributed by atoms with Crippen LogP contribution in [0.25, 0.3) is 11.1 Å². The summed E-state index contributed by atoms with van der Waals surface area (Å²) in [5, 5.41) is 3.21. The SMILES string of the molecule is CC[C@@H]1C(=O)NCCN1C(=O)c1cccc(-c2cc(F)c(C)cc2Cl)c1. The molecule has 1 saturated heterocycles. The highest BCUT2D eigenvalue weighted by Crippen LogP contribution is 2.31. The van der Waals surface area contributed by atoms with E-state index in [1.165, 1.54) is 6.07 Å². The van der Waals surface area contributed by atoms with Gasteiger partial charge in [0.15, 0.2) is 0 Å². The average Bonchev–Trinajstić information content (AvgIpc) is 2.64. The molecule has 0 saturated carbocycles. The molecule has 1 atom stereocenters. The molecular weight excluding hydrogens is 355 g/mol. The third-order valence-electron chi connectivity index (χ3n) is 4.65. The van der Waals surface area contributed by atoms with Gasteiger partial charge in [0.1, 0.15) is 11.9 Å². The number of hydrogen-bond donors (Lipinski definition) is 1. The molecule has 1 N–H and O–H groups in total. The van der Waals surface area contributed by atoms with Crippen LogP contribution in [0, 0.1) is 12.7 Å². The highest BCUT2D eigenvalue weighted by molar-refractivity contribution is 6.33. The summed E-state index contributed by atoms with van der Waals surface area (Å²) in [5.74, 6) is -0.691. The maximum absolute atomic E-state index is 14.0. The summed E-state index contributed by atoms with van der Waals surface area (Å²) in [5.41, 5.74) is 2.12. The van der Waals surface area contributed by atoms with Crippen LogP contribution in [0.1, 0.15) is 29.3 Å². The lowest BCUT2D eigenvalue weighted by atomic mass is 10.00. The fourth-order valence-electron chi connectivity index (χ4n) is 3.22. The van der Waals surface area contributed by atoms with E-state index in [2.05, 4.69) is 5.32 Å². The zero-order valence-electron chi connectivity index (χ0n) is 14.7. The highest BCUT2D eigenvalue weighted by Gasteiger charge is 2.32. The molecule has 4 nitrogen and oxygen atoms in total. The fourth-order valence-corrected chi connectivity index (χ4v) is 3.54. The lowest BCUT2D eigenvalue weighted by Gasteiger charge is -2.34. The number of amides is 2. The number of piperazine rings is 1. The van der Waals surface area contributed by atoms with Gasteiger partial charge in [-0.25, -0.2) is 4.39 Å². The van der Waals surface area contributed by atoms with E-state index < -0.39 is 6.04 Å². The van der Waals surface area contributed by atoms with Crippen molar-refractivity contribution in [2.45, 2.75) is 26.3 Å². The van der Waals surface area contributed by atoms with Crippen LogP contribution in [0.4, 0.5) is 4.39 Å². The summed E-state index contributed by atoms with van der Waals surface area (Å²) in [6, 6.07) is 9.39. The molecule has 0 unspecified atom stereocenters. The Kier molecular flexibility index (Phi) is 5.28. The van der Waals surface area contributed by atoms with Gasteiger partial charge in [-0.15, -0.1) is 0 Å². The Bertz CT molecular complexity index is 869. The predicted octanol–water partition coefficient (Wildman–Crippen LogP) is 3.81. The summed E-state index contributed by atoms with van der Waals surface area (Å²) in [7, 11) is 0. The Balaban J connectivity index is 1.96. The van der Waals surface area contributed by atoms with Gasteiger partial charge in [0.05, 0.1) is 0 Å². The van der Waals surface area contributed by atoms with Gasteiger partial charge in [-0.2, -0.15) is 0 Å². The Morgan fingerprint density at radius 3 is 2.85 bits per heavy atom. The van der Waals surface area contributed by atoms with E-state index in [4.69, 9.17) is 11.6 Å². The third kappa shape index (κ3) is 3.44. The number of nitrogens with zero attached hydrogens (tertiary/aromatic N) is 1. The minimum Gasteiger partial charge on any atom is -0.353 e. The Morgan fingerprint density at radius 2 is 2.12 bits per heavy atom. The van der Waals surface area contributed by atoms with E-state index >= 15 is 0 Å². The van der Waals surface area contributed by atoms with Crippen molar-refractivity contribution in [1.29, 1.82) is 0 Å². The first-order chi connectivity index (χ1) is 12.4. The molecule has 1 fully saturated rings. The first kappa shape index (κ1) is 18.4. The largest absolute Gasteiger partial charge is 0.353 e. The summed E-state index contributed by atoms with van der Waals surface area (Å²) >= 11 is 6.27. The zero-order chi connectivity index (χ0) is 18.8. The number of carbonyl (C=O) groups is 2. The van der Waals surface area contributed by atoms with Crippen LogP contribution >= 0.6 is 11.6 Å². The smallest absolute Gasteiger partial charge is 0.254 e. The van der Waals surface area contributed by atoms with Gasteiger partial charge in [-0.1, -0.05) is 30.7 Å². The highest BCUT2D eigenvalue weighted by atomic mass is 35.5. The quantitative estimate of drug-likeness (QED) is 0.888. The summed E-state index contributed by atoms with van der Waals surface area (Å²) < 4.78 is 14.0. The van der Waals surface area contributed by atoms with Crippen LogP contribution in [0.5, 0.6) is 0 Å². The molecule has 0 aliphatic carbocycles. The molecule has 0 radical (unpaired) electrons. The van der Waals surface area contributed by atoms with Crippen molar-refractivity contribution >= 4 is 23.4 Å². The average molecular weight is 375 g/mol. The van der Waals surface area contributed by atoms with Crippen molar-refractivity contribution < 1.29 is 14.0 Å². The minimum atomic E-state index is -0.472. The van der Waals surface area contributed by atoms with Crippen LogP contribution in [-0.4, -0.2) is 35.8 Å². The minimum absolute atomic E-state index is 0.132. The molecule has 1 heterocycles. The molecule has 0 spiro atoms. The van der Waals surface area contributed by atoms with Crippen LogP contribution in [0.15, 0.2) is 36.4 Å². The standard InChI is InChI=1S/C20H20ClFN2O2/c1-3-18-19(25)23-7-8-24(18)20(26)14-6-4-5-13(10-14)15-11-17(22)12(2)9-16(15)21/h4-6,9-11,18H,3,7-8H2,1-2H3,(H,23,25)/t18-/m1/s1. The van der Waals surface area contributed by atoms with Gasteiger partial charge >= 0.3 is 0 Å². The lowest BCUT2D eigenvalue weighted by molar-refractivity contribution is -0.127. The van der Waals surface area contributed by atoms with Gasteiger partial charge in [-0.05, 0) is 48.7 Å². The number of benzene rings is 2. The van der Waals surface area contributed by atoms with Crippen molar-refractivity contribution in [3.8, 4) is 11.1 Å². The van der Waals surface area contributed by atoms with E-state index in [0.29, 0.717) is 46.8 Å². The number of nitrogens with one attached hydrogen (secondary N) is 1. The van der Waals surface area contributed by atoms with Gasteiger partial charge in [0.2, 0.25) is 5.91 Å². The summed E-state index contributed by atoms with van der Waals surface area (Å²) in [4.78, 5) is 26.5. The molecule has 1 aliphatic rings. The second-order valence-electron chi connectivity index (χ2n) is 6.38. The molecule has 6 heteroatoms. The third-order valence-corrected chi connectivity index (χ3v) is 4.96. The van der Waals surface area contributed by atoms with E-state index in [-0.39, 0.29) is 17.6 Å². The summed E-state index contributed by atoms with van der Waals surface area (Å²) in [6.45, 7) is 4.43. The Morgan fingerprint density at radius 1 is 1.35 bits per heavy atom. The van der Waals surface area contributed by atoms with E-state index in [1.807, 2.05) is 6.92 Å². The summed E-state index contributed by atoms with van der Waals surface area (Å²) in [6.07, 6.45) is 0.548. The van der Waals surface area contributed by atoms with Gasteiger partial charge in [-0.3, -0.25) is 9.59 Å². The Labute approximate surface area is 157 Å². The fraction of sp³-hybridized carbons (Fsp3) is 0.300. The van der Waals surface area contributed by atoms with Crippen molar-refractivity contribution in [1.82, 2.24) is 10.2 Å². The molecule has 1 aliphatic heterocycles. The number of halogens is 2. The normalized spacial score (nSPS) is 17.2. The molecular formula is C20H20ClFN2O2. The number of carbonyl (C=O) groups excluding carboxylic acids is 2. The van der Waals surface area contributed by atoms with Crippen LogP contribution < -0.4 is 5.32 Å². The lowest BCUT2D eigenvalue weighted by Crippen LogP contribution is -2.56. The zero-order valence-corrected chi connectivity index (χ0v) is 15.4.